The van der Waals surface area contributed by atoms with Gasteiger partial charge in [-0.05, 0) is 56.9 Å². The van der Waals surface area contributed by atoms with Crippen LogP contribution >= 0.6 is 0 Å². The molecule has 2 aliphatic rings. The average Bonchev–Trinajstić information content (AvgIpc) is 2.59. The molecule has 1 aromatic rings. The quantitative estimate of drug-likeness (QED) is 0.818. The predicted octanol–water partition coefficient (Wildman–Crippen LogP) is 2.17. The van der Waals surface area contributed by atoms with E-state index in [2.05, 4.69) is 21.6 Å². The van der Waals surface area contributed by atoms with Crippen LogP contribution in [0.5, 0.6) is 5.75 Å². The van der Waals surface area contributed by atoms with E-state index in [4.69, 9.17) is 4.74 Å². The van der Waals surface area contributed by atoms with Gasteiger partial charge < -0.3 is 20.3 Å². The third-order valence-electron chi connectivity index (χ3n) is 4.60. The first-order chi connectivity index (χ1) is 11.3. The molecule has 0 aliphatic carbocycles. The zero-order chi connectivity index (χ0) is 15.9. The Morgan fingerprint density at radius 1 is 1.22 bits per heavy atom. The molecule has 23 heavy (non-hydrogen) atoms. The summed E-state index contributed by atoms with van der Waals surface area (Å²) in [4.78, 5) is 14.5. The van der Waals surface area contributed by atoms with Crippen molar-refractivity contribution in [3.63, 3.8) is 0 Å². The third kappa shape index (κ3) is 4.86. The molecule has 1 atom stereocenters. The van der Waals surface area contributed by atoms with E-state index in [0.29, 0.717) is 6.61 Å². The lowest BCUT2D eigenvalue weighted by Gasteiger charge is -2.27. The lowest BCUT2D eigenvalue weighted by atomic mass is 10.0. The lowest BCUT2D eigenvalue weighted by Crippen LogP contribution is -2.47. The number of likely N-dealkylation sites (tertiary alicyclic amines) is 1. The molecule has 0 aromatic heterocycles. The zero-order valence-corrected chi connectivity index (χ0v) is 13.7. The van der Waals surface area contributed by atoms with Crippen molar-refractivity contribution in [2.75, 3.05) is 32.8 Å². The largest absolute Gasteiger partial charge is 0.491 e. The number of hydrogen-bond donors (Lipinski definition) is 2. The fourth-order valence-corrected chi connectivity index (χ4v) is 3.34. The van der Waals surface area contributed by atoms with E-state index in [-0.39, 0.29) is 12.1 Å². The molecule has 2 aliphatic heterocycles. The molecule has 2 heterocycles. The van der Waals surface area contributed by atoms with Crippen LogP contribution in [0.3, 0.4) is 0 Å². The minimum Gasteiger partial charge on any atom is -0.491 e. The number of amides is 2. The summed E-state index contributed by atoms with van der Waals surface area (Å²) in [5, 5.41) is 5.97. The van der Waals surface area contributed by atoms with Gasteiger partial charge in [-0.2, -0.15) is 0 Å². The summed E-state index contributed by atoms with van der Waals surface area (Å²) < 4.78 is 5.69. The maximum absolute atomic E-state index is 12.0. The first-order valence-electron chi connectivity index (χ1n) is 8.79. The van der Waals surface area contributed by atoms with Crippen LogP contribution in [0.1, 0.15) is 31.2 Å². The molecule has 0 spiro atoms. The van der Waals surface area contributed by atoms with Gasteiger partial charge in [0, 0.05) is 6.54 Å². The van der Waals surface area contributed by atoms with Gasteiger partial charge in [0.25, 0.3) is 0 Å². The van der Waals surface area contributed by atoms with Crippen LogP contribution in [0, 0.1) is 0 Å². The molecular formula is C18H27N3O2. The van der Waals surface area contributed by atoms with E-state index < -0.39 is 0 Å². The molecule has 1 saturated heterocycles. The van der Waals surface area contributed by atoms with E-state index in [1.165, 1.54) is 32.4 Å². The standard InChI is InChI=1S/C18H27N3O2/c22-18(19-9-6-12-21-10-4-1-5-11-21)20-16-13-15-7-2-3-8-17(15)23-14-16/h2-3,7-8,16H,1,4-6,9-14H2,(H2,19,20,22)/t16-/m1/s1. The maximum atomic E-state index is 12.0. The van der Waals surface area contributed by atoms with Gasteiger partial charge in [-0.1, -0.05) is 24.6 Å². The number of fused-ring (bicyclic) bond motifs is 1. The Labute approximate surface area is 138 Å². The van der Waals surface area contributed by atoms with Gasteiger partial charge in [0.15, 0.2) is 0 Å². The van der Waals surface area contributed by atoms with Crippen LogP contribution in [0.25, 0.3) is 0 Å². The van der Waals surface area contributed by atoms with Crippen molar-refractivity contribution in [2.24, 2.45) is 0 Å². The number of nitrogens with one attached hydrogen (secondary N) is 2. The van der Waals surface area contributed by atoms with Crippen molar-refractivity contribution in [1.29, 1.82) is 0 Å². The van der Waals surface area contributed by atoms with Crippen molar-refractivity contribution in [1.82, 2.24) is 15.5 Å². The molecule has 1 aromatic carbocycles. The van der Waals surface area contributed by atoms with Crippen molar-refractivity contribution in [3.05, 3.63) is 29.8 Å². The summed E-state index contributed by atoms with van der Waals surface area (Å²) in [5.74, 6) is 0.937. The molecule has 0 bridgehead atoms. The summed E-state index contributed by atoms with van der Waals surface area (Å²) in [6.45, 7) is 4.78. The number of ether oxygens (including phenoxy) is 1. The number of para-hydroxylation sites is 1. The molecule has 0 radical (unpaired) electrons. The van der Waals surface area contributed by atoms with Crippen molar-refractivity contribution < 1.29 is 9.53 Å². The van der Waals surface area contributed by atoms with Gasteiger partial charge in [-0.3, -0.25) is 0 Å². The summed E-state index contributed by atoms with van der Waals surface area (Å²) in [7, 11) is 0. The number of hydrogen-bond acceptors (Lipinski definition) is 3. The zero-order valence-electron chi connectivity index (χ0n) is 13.7. The van der Waals surface area contributed by atoms with Crippen molar-refractivity contribution in [2.45, 2.75) is 38.1 Å². The summed E-state index contributed by atoms with van der Waals surface area (Å²) in [6.07, 6.45) is 5.84. The Bertz CT molecular complexity index is 515. The van der Waals surface area contributed by atoms with E-state index >= 15 is 0 Å². The average molecular weight is 317 g/mol. The molecule has 5 nitrogen and oxygen atoms in total. The second kappa shape index (κ2) is 8.20. The lowest BCUT2D eigenvalue weighted by molar-refractivity contribution is 0.210. The number of nitrogens with zero attached hydrogens (tertiary/aromatic N) is 1. The number of piperidine rings is 1. The minimum atomic E-state index is -0.0865. The number of benzene rings is 1. The van der Waals surface area contributed by atoms with Gasteiger partial charge >= 0.3 is 6.03 Å². The Kier molecular flexibility index (Phi) is 5.75. The Balaban J connectivity index is 1.32. The van der Waals surface area contributed by atoms with Gasteiger partial charge in [-0.25, -0.2) is 4.79 Å². The monoisotopic (exact) mass is 317 g/mol. The number of urea groups is 1. The van der Waals surface area contributed by atoms with Gasteiger partial charge in [0.2, 0.25) is 0 Å². The molecule has 2 N–H and O–H groups in total. The molecule has 126 valence electrons. The summed E-state index contributed by atoms with van der Waals surface area (Å²) in [5.41, 5.74) is 1.16. The second-order valence-corrected chi connectivity index (χ2v) is 6.48. The molecule has 5 heteroatoms. The highest BCUT2D eigenvalue weighted by Crippen LogP contribution is 2.23. The first-order valence-corrected chi connectivity index (χ1v) is 8.79. The van der Waals surface area contributed by atoms with Crippen LogP contribution in [0.4, 0.5) is 4.79 Å². The summed E-state index contributed by atoms with van der Waals surface area (Å²) >= 11 is 0. The minimum absolute atomic E-state index is 0.0481. The highest BCUT2D eigenvalue weighted by molar-refractivity contribution is 5.74. The van der Waals surface area contributed by atoms with E-state index in [0.717, 1.165) is 37.2 Å². The van der Waals surface area contributed by atoms with Crippen molar-refractivity contribution >= 4 is 6.03 Å². The highest BCUT2D eigenvalue weighted by Gasteiger charge is 2.20. The maximum Gasteiger partial charge on any atom is 0.315 e. The van der Waals surface area contributed by atoms with Gasteiger partial charge in [-0.15, -0.1) is 0 Å². The van der Waals surface area contributed by atoms with E-state index in [1.807, 2.05) is 18.2 Å². The van der Waals surface area contributed by atoms with Gasteiger partial charge in [0.05, 0.1) is 6.04 Å². The topological polar surface area (TPSA) is 53.6 Å². The molecule has 0 saturated carbocycles. The smallest absolute Gasteiger partial charge is 0.315 e. The van der Waals surface area contributed by atoms with Crippen LogP contribution in [-0.2, 0) is 6.42 Å². The van der Waals surface area contributed by atoms with Crippen molar-refractivity contribution in [3.8, 4) is 5.75 Å². The van der Waals surface area contributed by atoms with Crippen LogP contribution in [0.2, 0.25) is 0 Å². The number of carbonyl (C=O) groups is 1. The first kappa shape index (κ1) is 16.1. The molecule has 3 rings (SSSR count). The number of carbonyl (C=O) groups excluding carboxylic acids is 1. The van der Waals surface area contributed by atoms with Gasteiger partial charge in [0.1, 0.15) is 12.4 Å². The Hall–Kier alpha value is -1.75. The normalized spacial score (nSPS) is 21.1. The Morgan fingerprint density at radius 3 is 2.91 bits per heavy atom. The SMILES string of the molecule is O=C(NCCCN1CCCCC1)N[C@H]1COc2ccccc2C1. The molecule has 1 fully saturated rings. The third-order valence-corrected chi connectivity index (χ3v) is 4.60. The fraction of sp³-hybridized carbons (Fsp3) is 0.611. The molecule has 2 amide bonds. The number of rotatable bonds is 5. The molecular weight excluding hydrogens is 290 g/mol. The second-order valence-electron chi connectivity index (χ2n) is 6.48. The highest BCUT2D eigenvalue weighted by atomic mass is 16.5. The van der Waals surface area contributed by atoms with Crippen LogP contribution in [-0.4, -0.2) is 49.8 Å². The summed E-state index contributed by atoms with van der Waals surface area (Å²) in [6, 6.07) is 7.97. The van der Waals surface area contributed by atoms with Crippen LogP contribution < -0.4 is 15.4 Å². The predicted molar refractivity (Wildman–Crippen MR) is 90.9 cm³/mol. The fourth-order valence-electron chi connectivity index (χ4n) is 3.34. The van der Waals surface area contributed by atoms with E-state index in [9.17, 15) is 4.79 Å². The Morgan fingerprint density at radius 2 is 2.04 bits per heavy atom. The van der Waals surface area contributed by atoms with Crippen LogP contribution in [0.15, 0.2) is 24.3 Å². The molecule has 0 unspecified atom stereocenters. The van der Waals surface area contributed by atoms with E-state index in [1.54, 1.807) is 0 Å².